The van der Waals surface area contributed by atoms with Gasteiger partial charge in [-0.3, -0.25) is 0 Å². The number of nitrogens with zero attached hydrogens (tertiary/aromatic N) is 3. The summed E-state index contributed by atoms with van der Waals surface area (Å²) in [5.41, 5.74) is -1.81. The van der Waals surface area contributed by atoms with Crippen molar-refractivity contribution in [2.75, 3.05) is 24.6 Å². The smallest absolute Gasteiger partial charge is 0.289 e. The predicted molar refractivity (Wildman–Crippen MR) is 117 cm³/mol. The van der Waals surface area contributed by atoms with Crippen LogP contribution in [-0.4, -0.2) is 38.3 Å². The second-order valence-corrected chi connectivity index (χ2v) is 11.1. The van der Waals surface area contributed by atoms with E-state index < -0.39 is 20.9 Å². The van der Waals surface area contributed by atoms with Crippen LogP contribution in [0, 0.1) is 34.0 Å². The topological polar surface area (TPSA) is 80.6 Å². The summed E-state index contributed by atoms with van der Waals surface area (Å²) in [6, 6.07) is 4.45. The maximum Gasteiger partial charge on any atom is 0.289 e. The van der Waals surface area contributed by atoms with E-state index in [-0.39, 0.29) is 0 Å². The van der Waals surface area contributed by atoms with Crippen LogP contribution in [0.25, 0.3) is 0 Å². The lowest BCUT2D eigenvalue weighted by atomic mass is 10.1. The van der Waals surface area contributed by atoms with E-state index in [0.29, 0.717) is 0 Å². The first-order chi connectivity index (χ1) is 12.5. The van der Waals surface area contributed by atoms with Crippen molar-refractivity contribution >= 4 is 15.3 Å². The lowest BCUT2D eigenvalue weighted by molar-refractivity contribution is 0.269. The normalized spacial score (nSPS) is 10.8. The fourth-order valence-corrected chi connectivity index (χ4v) is 8.01. The second kappa shape index (κ2) is 17.3. The molecule has 0 N–H and O–H groups in total. The van der Waals surface area contributed by atoms with E-state index >= 15 is 0 Å². The minimum absolute atomic E-state index is 0.534. The van der Waals surface area contributed by atoms with E-state index in [1.54, 1.807) is 24.6 Å². The van der Waals surface area contributed by atoms with E-state index in [9.17, 15) is 0 Å². The molecule has 0 aromatic heterocycles. The SMILES string of the molecule is CCCC[P+](CCCC)(CCCC)CCCC.[BH3-]OC(C#N)(C#N)C#N. The molecule has 0 saturated carbocycles. The van der Waals surface area contributed by atoms with Crippen molar-refractivity contribution in [2.24, 2.45) is 0 Å². The lowest BCUT2D eigenvalue weighted by Gasteiger charge is -2.28. The maximum atomic E-state index is 8.20. The van der Waals surface area contributed by atoms with Crippen molar-refractivity contribution in [3.05, 3.63) is 0 Å². The predicted octanol–water partition coefficient (Wildman–Crippen LogP) is 4.80. The average molecular weight is 379 g/mol. The van der Waals surface area contributed by atoms with E-state index in [1.807, 2.05) is 0 Å². The van der Waals surface area contributed by atoms with Gasteiger partial charge in [-0.25, -0.2) is 0 Å². The van der Waals surface area contributed by atoms with Gasteiger partial charge in [0, 0.05) is 7.26 Å². The van der Waals surface area contributed by atoms with Gasteiger partial charge in [0.1, 0.15) is 18.2 Å². The molecule has 4 nitrogen and oxygen atoms in total. The molecule has 0 spiro atoms. The fraction of sp³-hybridized carbons (Fsp3) is 0.850. The first kappa shape index (κ1) is 27.1. The Hall–Kier alpha value is -1.08. The molecule has 0 unspecified atom stereocenters. The standard InChI is InChI=1S/C16H36P.C4H3BN3O/c1-5-9-13-17(14-10-6-2,15-11-7-3)16-12-8-4;5-9-4(1-6,2-7)3-8/h5-16H2,1-4H3;5H3/q+1;-1. The van der Waals surface area contributed by atoms with Gasteiger partial charge in [-0.05, 0) is 25.7 Å². The van der Waals surface area contributed by atoms with E-state index in [2.05, 4.69) is 32.3 Å². The Balaban J connectivity index is 0. The highest BCUT2D eigenvalue weighted by Gasteiger charge is 2.34. The van der Waals surface area contributed by atoms with Crippen LogP contribution >= 0.6 is 7.26 Å². The van der Waals surface area contributed by atoms with Crippen LogP contribution in [0.5, 0.6) is 0 Å². The molecular weight excluding hydrogens is 340 g/mol. The van der Waals surface area contributed by atoms with E-state index in [4.69, 9.17) is 15.8 Å². The van der Waals surface area contributed by atoms with Crippen LogP contribution in [0.15, 0.2) is 0 Å². The van der Waals surface area contributed by atoms with E-state index in [0.717, 1.165) is 0 Å². The zero-order valence-corrected chi connectivity index (χ0v) is 17.6. The molecule has 0 amide bonds. The first-order valence-electron chi connectivity index (χ1n) is 9.72. The molecule has 0 rings (SSSR count). The fourth-order valence-electron chi connectivity index (χ4n) is 2.72. The maximum absolute atomic E-state index is 8.20. The highest BCUT2D eigenvalue weighted by Crippen LogP contribution is 2.61. The summed E-state index contributed by atoms with van der Waals surface area (Å²) < 4.78 is 4.55. The number of nitriles is 3. The van der Waals surface area contributed by atoms with Gasteiger partial charge >= 0.3 is 0 Å². The number of rotatable bonds is 13. The Bertz CT molecular complexity index is 392. The minimum Gasteiger partial charge on any atom is -0.563 e. The summed E-state index contributed by atoms with van der Waals surface area (Å²) in [6.07, 6.45) is 17.9. The van der Waals surface area contributed by atoms with Gasteiger partial charge in [0.2, 0.25) is 0 Å². The molecule has 0 fully saturated rings. The Labute approximate surface area is 163 Å². The zero-order valence-electron chi connectivity index (χ0n) is 16.7. The highest BCUT2D eigenvalue weighted by atomic mass is 31.2. The van der Waals surface area contributed by atoms with Gasteiger partial charge in [0.15, 0.2) is 0 Å². The molecular formula is C20H39BN3OP. The van der Waals surface area contributed by atoms with Crippen LogP contribution in [-0.2, 0) is 4.65 Å². The average Bonchev–Trinajstić information content (AvgIpc) is 2.69. The van der Waals surface area contributed by atoms with Crippen LogP contribution < -0.4 is 0 Å². The zero-order chi connectivity index (χ0) is 20.3. The largest absolute Gasteiger partial charge is 0.563 e. The number of hydrogen-bond donors (Lipinski definition) is 0. The third-order valence-electron chi connectivity index (χ3n) is 4.42. The van der Waals surface area contributed by atoms with Crippen LogP contribution in [0.3, 0.4) is 0 Å². The summed E-state index contributed by atoms with van der Waals surface area (Å²) in [7, 11) is -1.10. The molecule has 26 heavy (non-hydrogen) atoms. The molecule has 0 aromatic carbocycles. The second-order valence-electron chi connectivity index (χ2n) is 6.67. The van der Waals surface area contributed by atoms with Crippen molar-refractivity contribution in [2.45, 2.75) is 84.7 Å². The highest BCUT2D eigenvalue weighted by molar-refractivity contribution is 7.75. The summed E-state index contributed by atoms with van der Waals surface area (Å²) in [6.45, 7) is 9.42. The summed E-state index contributed by atoms with van der Waals surface area (Å²) in [5.74, 6) is 0. The monoisotopic (exact) mass is 379 g/mol. The molecule has 0 radical (unpaired) electrons. The molecule has 0 heterocycles. The molecule has 6 heteroatoms. The third-order valence-corrected chi connectivity index (χ3v) is 9.48. The lowest BCUT2D eigenvalue weighted by Crippen LogP contribution is -2.24. The van der Waals surface area contributed by atoms with Crippen molar-refractivity contribution in [1.82, 2.24) is 0 Å². The Morgan fingerprint density at radius 3 is 1.08 bits per heavy atom. The van der Waals surface area contributed by atoms with Gasteiger partial charge in [-0.15, -0.1) is 0 Å². The summed E-state index contributed by atoms with van der Waals surface area (Å²) >= 11 is 0. The molecule has 0 aromatic rings. The van der Waals surface area contributed by atoms with Gasteiger partial charge in [0.25, 0.3) is 5.60 Å². The summed E-state index contributed by atoms with van der Waals surface area (Å²) in [5, 5.41) is 24.6. The number of hydrogen-bond acceptors (Lipinski definition) is 4. The quantitative estimate of drug-likeness (QED) is 0.340. The molecule has 0 aliphatic heterocycles. The van der Waals surface area contributed by atoms with Crippen molar-refractivity contribution in [1.29, 1.82) is 15.8 Å². The van der Waals surface area contributed by atoms with Crippen LogP contribution in [0.1, 0.15) is 79.1 Å². The van der Waals surface area contributed by atoms with Gasteiger partial charge < -0.3 is 4.65 Å². The number of unbranched alkanes of at least 4 members (excludes halogenated alkanes) is 4. The van der Waals surface area contributed by atoms with Crippen LogP contribution in [0.4, 0.5) is 0 Å². The van der Waals surface area contributed by atoms with Crippen molar-refractivity contribution in [3.63, 3.8) is 0 Å². The van der Waals surface area contributed by atoms with Crippen molar-refractivity contribution < 1.29 is 4.65 Å². The molecule has 148 valence electrons. The van der Waals surface area contributed by atoms with Gasteiger partial charge in [-0.1, -0.05) is 53.4 Å². The first-order valence-corrected chi connectivity index (χ1v) is 12.2. The molecule has 0 aliphatic carbocycles. The molecule has 0 saturated heterocycles. The minimum atomic E-state index is -1.81. The summed E-state index contributed by atoms with van der Waals surface area (Å²) in [4.78, 5) is 0. The molecule has 0 bridgehead atoms. The molecule has 0 aliphatic rings. The van der Waals surface area contributed by atoms with Crippen LogP contribution in [0.2, 0.25) is 0 Å². The Kier molecular flexibility index (Phi) is 18.1. The molecule has 0 atom stereocenters. The Morgan fingerprint density at radius 2 is 0.962 bits per heavy atom. The van der Waals surface area contributed by atoms with E-state index in [1.165, 1.54) is 69.6 Å². The third kappa shape index (κ3) is 11.5. The van der Waals surface area contributed by atoms with Crippen molar-refractivity contribution in [3.8, 4) is 18.2 Å². The van der Waals surface area contributed by atoms with Gasteiger partial charge in [0.05, 0.1) is 32.7 Å². The van der Waals surface area contributed by atoms with Gasteiger partial charge in [-0.2, -0.15) is 15.8 Å². The Morgan fingerprint density at radius 1 is 0.692 bits per heavy atom.